The smallest absolute Gasteiger partial charge is 0.0728 e. The molecule has 0 atom stereocenters. The molecule has 1 aliphatic carbocycles. The lowest BCUT2D eigenvalue weighted by atomic mass is 9.63. The Labute approximate surface area is 122 Å². The fraction of sp³-hybridized carbons (Fsp3) is 0.375. The van der Waals surface area contributed by atoms with Gasteiger partial charge >= 0.3 is 0 Å². The normalized spacial score (nSPS) is 18.6. The van der Waals surface area contributed by atoms with Crippen molar-refractivity contribution in [2.24, 2.45) is 0 Å². The molecule has 1 aromatic heterocycles. The molecular weight excluding hydrogens is 300 g/mol. The number of hydrogen-bond acceptors (Lipinski definition) is 2. The highest BCUT2D eigenvalue weighted by molar-refractivity contribution is 9.10. The second kappa shape index (κ2) is 3.89. The molecule has 98 valence electrons. The van der Waals surface area contributed by atoms with Crippen molar-refractivity contribution >= 4 is 15.9 Å². The molecule has 1 aromatic carbocycles. The topological polar surface area (TPSA) is 25.8 Å². The first kappa shape index (κ1) is 12.8. The summed E-state index contributed by atoms with van der Waals surface area (Å²) in [6.45, 7) is 8.89. The van der Waals surface area contributed by atoms with Gasteiger partial charge in [-0.25, -0.2) is 0 Å². The standard InChI is InChI=1S/C16H17BrN2/c1-15(2)10-6-5-7-11(17)12(10)16(3,4)14-13(15)18-8-9-19-14/h5-9H,1-4H3. The Kier molecular flexibility index (Phi) is 2.62. The number of aromatic nitrogens is 2. The molecule has 0 radical (unpaired) electrons. The van der Waals surface area contributed by atoms with Crippen LogP contribution in [0.5, 0.6) is 0 Å². The monoisotopic (exact) mass is 316 g/mol. The van der Waals surface area contributed by atoms with Gasteiger partial charge in [0.25, 0.3) is 0 Å². The minimum absolute atomic E-state index is 0.113. The van der Waals surface area contributed by atoms with Crippen molar-refractivity contribution in [3.8, 4) is 0 Å². The van der Waals surface area contributed by atoms with E-state index in [2.05, 4.69) is 71.8 Å². The van der Waals surface area contributed by atoms with Gasteiger partial charge in [-0.15, -0.1) is 0 Å². The zero-order valence-corrected chi connectivity index (χ0v) is 13.2. The second-order valence-corrected chi connectivity index (χ2v) is 7.02. The molecule has 0 unspecified atom stereocenters. The third-order valence-electron chi connectivity index (χ3n) is 4.19. The third-order valence-corrected chi connectivity index (χ3v) is 4.86. The Morgan fingerprint density at radius 3 is 2.11 bits per heavy atom. The van der Waals surface area contributed by atoms with E-state index in [0.29, 0.717) is 0 Å². The van der Waals surface area contributed by atoms with Crippen LogP contribution in [-0.4, -0.2) is 9.97 Å². The summed E-state index contributed by atoms with van der Waals surface area (Å²) in [7, 11) is 0. The molecule has 0 aliphatic heterocycles. The second-order valence-electron chi connectivity index (χ2n) is 6.17. The molecule has 0 saturated heterocycles. The Hall–Kier alpha value is -1.22. The highest BCUT2D eigenvalue weighted by Gasteiger charge is 2.44. The molecule has 3 rings (SSSR count). The van der Waals surface area contributed by atoms with Crippen LogP contribution >= 0.6 is 15.9 Å². The summed E-state index contributed by atoms with van der Waals surface area (Å²) >= 11 is 3.71. The van der Waals surface area contributed by atoms with Crippen LogP contribution < -0.4 is 0 Å². The van der Waals surface area contributed by atoms with E-state index in [4.69, 9.17) is 0 Å². The van der Waals surface area contributed by atoms with Crippen molar-refractivity contribution in [2.75, 3.05) is 0 Å². The number of hydrogen-bond donors (Lipinski definition) is 0. The van der Waals surface area contributed by atoms with E-state index >= 15 is 0 Å². The molecule has 2 nitrogen and oxygen atoms in total. The molecule has 1 aliphatic rings. The van der Waals surface area contributed by atoms with E-state index < -0.39 is 0 Å². The lowest BCUT2D eigenvalue weighted by Crippen LogP contribution is -2.38. The number of rotatable bonds is 0. The van der Waals surface area contributed by atoms with Crippen molar-refractivity contribution in [3.05, 3.63) is 57.6 Å². The maximum atomic E-state index is 4.62. The van der Waals surface area contributed by atoms with E-state index in [0.717, 1.165) is 15.9 Å². The average Bonchev–Trinajstić information content (AvgIpc) is 2.37. The summed E-state index contributed by atoms with van der Waals surface area (Å²) in [4.78, 5) is 9.24. The van der Waals surface area contributed by atoms with Gasteiger partial charge in [0, 0.05) is 27.7 Å². The van der Waals surface area contributed by atoms with E-state index in [1.54, 1.807) is 12.4 Å². The molecular formula is C16H17BrN2. The zero-order chi connectivity index (χ0) is 13.8. The zero-order valence-electron chi connectivity index (χ0n) is 11.7. The Morgan fingerprint density at radius 1 is 0.895 bits per heavy atom. The highest BCUT2D eigenvalue weighted by atomic mass is 79.9. The van der Waals surface area contributed by atoms with Crippen molar-refractivity contribution < 1.29 is 0 Å². The first-order valence-electron chi connectivity index (χ1n) is 6.48. The molecule has 0 spiro atoms. The Balaban J connectivity index is 2.44. The van der Waals surface area contributed by atoms with E-state index in [-0.39, 0.29) is 10.8 Å². The maximum absolute atomic E-state index is 4.62. The van der Waals surface area contributed by atoms with Crippen LogP contribution in [0.2, 0.25) is 0 Å². The number of halogens is 1. The van der Waals surface area contributed by atoms with Gasteiger partial charge in [-0.2, -0.15) is 0 Å². The van der Waals surface area contributed by atoms with Crippen molar-refractivity contribution in [1.29, 1.82) is 0 Å². The molecule has 0 fully saturated rings. The SMILES string of the molecule is CC1(C)c2cccc(Br)c2C(C)(C)c2nccnc21. The van der Waals surface area contributed by atoms with Gasteiger partial charge in [0.05, 0.1) is 11.4 Å². The van der Waals surface area contributed by atoms with Crippen LogP contribution in [0.15, 0.2) is 35.1 Å². The maximum Gasteiger partial charge on any atom is 0.0728 e. The van der Waals surface area contributed by atoms with Crippen LogP contribution in [0.25, 0.3) is 0 Å². The molecule has 0 bridgehead atoms. The summed E-state index contributed by atoms with van der Waals surface area (Å²) in [6, 6.07) is 6.42. The van der Waals surface area contributed by atoms with Crippen molar-refractivity contribution in [1.82, 2.24) is 9.97 Å². The summed E-state index contributed by atoms with van der Waals surface area (Å²) in [5.74, 6) is 0. The van der Waals surface area contributed by atoms with Crippen LogP contribution in [-0.2, 0) is 10.8 Å². The lowest BCUT2D eigenvalue weighted by molar-refractivity contribution is 0.488. The molecule has 19 heavy (non-hydrogen) atoms. The molecule has 1 heterocycles. The summed E-state index contributed by atoms with van der Waals surface area (Å²) in [5.41, 5.74) is 4.59. The van der Waals surface area contributed by atoms with Gasteiger partial charge in [0.15, 0.2) is 0 Å². The first-order valence-corrected chi connectivity index (χ1v) is 7.27. The van der Waals surface area contributed by atoms with Gasteiger partial charge < -0.3 is 0 Å². The Morgan fingerprint density at radius 2 is 1.47 bits per heavy atom. The summed E-state index contributed by atoms with van der Waals surface area (Å²) in [5, 5.41) is 0. The average molecular weight is 317 g/mol. The van der Waals surface area contributed by atoms with Gasteiger partial charge in [-0.05, 0) is 17.2 Å². The molecule has 0 saturated carbocycles. The number of benzene rings is 1. The van der Waals surface area contributed by atoms with Crippen LogP contribution in [0.3, 0.4) is 0 Å². The minimum Gasteiger partial charge on any atom is -0.257 e. The predicted octanol–water partition coefficient (Wildman–Crippen LogP) is 4.20. The molecule has 2 aromatic rings. The van der Waals surface area contributed by atoms with E-state index in [1.165, 1.54) is 11.1 Å². The van der Waals surface area contributed by atoms with Crippen molar-refractivity contribution in [2.45, 2.75) is 38.5 Å². The van der Waals surface area contributed by atoms with Gasteiger partial charge in [-0.3, -0.25) is 9.97 Å². The minimum atomic E-state index is -0.130. The number of nitrogens with zero attached hydrogens (tertiary/aromatic N) is 2. The van der Waals surface area contributed by atoms with Crippen LogP contribution in [0.1, 0.15) is 50.2 Å². The summed E-state index contributed by atoms with van der Waals surface area (Å²) < 4.78 is 1.15. The Bertz CT molecular complexity index is 660. The fourth-order valence-corrected chi connectivity index (χ4v) is 4.04. The van der Waals surface area contributed by atoms with E-state index in [9.17, 15) is 0 Å². The van der Waals surface area contributed by atoms with Gasteiger partial charge in [0.1, 0.15) is 0 Å². The lowest BCUT2D eigenvalue weighted by Gasteiger charge is -2.42. The van der Waals surface area contributed by atoms with Crippen LogP contribution in [0, 0.1) is 0 Å². The van der Waals surface area contributed by atoms with E-state index in [1.807, 2.05) is 0 Å². The molecule has 3 heteroatoms. The van der Waals surface area contributed by atoms with Crippen molar-refractivity contribution in [3.63, 3.8) is 0 Å². The predicted molar refractivity (Wildman–Crippen MR) is 80.4 cm³/mol. The summed E-state index contributed by atoms with van der Waals surface area (Å²) in [6.07, 6.45) is 3.58. The highest BCUT2D eigenvalue weighted by Crippen LogP contribution is 2.49. The largest absolute Gasteiger partial charge is 0.257 e. The molecule has 0 amide bonds. The number of fused-ring (bicyclic) bond motifs is 2. The first-order chi connectivity index (χ1) is 8.87. The van der Waals surface area contributed by atoms with Gasteiger partial charge in [-0.1, -0.05) is 55.8 Å². The third kappa shape index (κ3) is 1.61. The van der Waals surface area contributed by atoms with Crippen LogP contribution in [0.4, 0.5) is 0 Å². The quantitative estimate of drug-likeness (QED) is 0.727. The molecule has 0 N–H and O–H groups in total. The van der Waals surface area contributed by atoms with Gasteiger partial charge in [0.2, 0.25) is 0 Å². The fourth-order valence-electron chi connectivity index (χ4n) is 3.18.